The van der Waals surface area contributed by atoms with Crippen LogP contribution in [0.2, 0.25) is 0 Å². The molecule has 0 bridgehead atoms. The van der Waals surface area contributed by atoms with Crippen molar-refractivity contribution in [3.63, 3.8) is 0 Å². The van der Waals surface area contributed by atoms with Crippen LogP contribution in [0, 0.1) is 5.82 Å². The van der Waals surface area contributed by atoms with Gasteiger partial charge in [-0.3, -0.25) is 9.59 Å². The smallest absolute Gasteiger partial charge is 0.471 e. The largest absolute Gasteiger partial charge is 0.482 e. The number of carbonyl (C=O) groups is 2. The summed E-state index contributed by atoms with van der Waals surface area (Å²) in [5.41, 5.74) is 0.705. The molecule has 0 saturated heterocycles. The molecule has 3 rings (SSSR count). The minimum Gasteiger partial charge on any atom is -0.482 e. The molecule has 0 unspecified atom stereocenters. The van der Waals surface area contributed by atoms with Crippen LogP contribution in [0.1, 0.15) is 5.56 Å². The van der Waals surface area contributed by atoms with Crippen LogP contribution in [0.4, 0.5) is 28.9 Å². The number of anilines is 2. The molecule has 1 heterocycles. The molecule has 1 N–H and O–H groups in total. The van der Waals surface area contributed by atoms with Gasteiger partial charge in [0.2, 0.25) is 0 Å². The second-order valence-corrected chi connectivity index (χ2v) is 5.53. The maximum Gasteiger partial charge on any atom is 0.471 e. The Labute approximate surface area is 145 Å². The number of fused-ring (bicyclic) bond motifs is 1. The second-order valence-electron chi connectivity index (χ2n) is 5.53. The van der Waals surface area contributed by atoms with Gasteiger partial charge in [0.05, 0.1) is 12.2 Å². The number of halogens is 4. The highest BCUT2D eigenvalue weighted by Gasteiger charge is 2.39. The van der Waals surface area contributed by atoms with Crippen LogP contribution in [0.5, 0.6) is 5.75 Å². The Hall–Kier alpha value is -3.10. The van der Waals surface area contributed by atoms with Gasteiger partial charge in [-0.05, 0) is 35.9 Å². The third-order valence-corrected chi connectivity index (χ3v) is 3.67. The number of carbonyl (C=O) groups excluding carboxylic acids is 2. The zero-order valence-corrected chi connectivity index (χ0v) is 13.1. The molecule has 2 amide bonds. The fourth-order valence-corrected chi connectivity index (χ4v) is 2.43. The number of ether oxygens (including phenoxy) is 1. The van der Waals surface area contributed by atoms with Gasteiger partial charge in [0.1, 0.15) is 11.6 Å². The summed E-state index contributed by atoms with van der Waals surface area (Å²) in [5.74, 6) is -2.68. The van der Waals surface area contributed by atoms with E-state index in [1.165, 1.54) is 47.4 Å². The van der Waals surface area contributed by atoms with Crippen LogP contribution in [-0.2, 0) is 16.1 Å². The lowest BCUT2D eigenvalue weighted by Gasteiger charge is -2.30. The summed E-state index contributed by atoms with van der Waals surface area (Å²) < 4.78 is 55.5. The van der Waals surface area contributed by atoms with Crippen molar-refractivity contribution in [3.8, 4) is 5.75 Å². The maximum atomic E-state index is 13.0. The Bertz CT molecular complexity index is 850. The van der Waals surface area contributed by atoms with Gasteiger partial charge in [0.25, 0.3) is 5.91 Å². The third kappa shape index (κ3) is 3.76. The van der Waals surface area contributed by atoms with Crippen LogP contribution in [-0.4, -0.2) is 24.6 Å². The van der Waals surface area contributed by atoms with E-state index in [1.54, 1.807) is 5.32 Å². The first-order valence-corrected chi connectivity index (χ1v) is 7.44. The monoisotopic (exact) mass is 368 g/mol. The van der Waals surface area contributed by atoms with Crippen LogP contribution in [0.25, 0.3) is 0 Å². The quantitative estimate of drug-likeness (QED) is 0.847. The van der Waals surface area contributed by atoms with Gasteiger partial charge in [-0.1, -0.05) is 12.1 Å². The van der Waals surface area contributed by atoms with E-state index in [9.17, 15) is 27.2 Å². The number of hydrogen-bond donors (Lipinski definition) is 1. The summed E-state index contributed by atoms with van der Waals surface area (Å²) in [4.78, 5) is 24.6. The maximum absolute atomic E-state index is 13.0. The predicted molar refractivity (Wildman–Crippen MR) is 84.2 cm³/mol. The summed E-state index contributed by atoms with van der Waals surface area (Å²) in [6.45, 7) is -0.158. The summed E-state index contributed by atoms with van der Waals surface area (Å²) in [6, 6.07) is 9.29. The molecule has 0 radical (unpaired) electrons. The standard InChI is InChI=1S/C17H12F4N2O3/c18-11-3-1-10(2-4-11)8-23-13-7-12(22-16(25)17(19,20)21)5-6-14(13)26-9-15(23)24/h1-7H,8-9H2,(H,22,25). The molecule has 0 aromatic heterocycles. The van der Waals surface area contributed by atoms with Gasteiger partial charge in [-0.25, -0.2) is 4.39 Å². The summed E-state index contributed by atoms with van der Waals surface area (Å²) in [7, 11) is 0. The zero-order chi connectivity index (χ0) is 18.9. The molecule has 0 aliphatic carbocycles. The van der Waals surface area contributed by atoms with Crippen molar-refractivity contribution >= 4 is 23.2 Å². The first kappa shape index (κ1) is 17.7. The second kappa shape index (κ2) is 6.66. The van der Waals surface area contributed by atoms with Gasteiger partial charge < -0.3 is 15.0 Å². The Morgan fingerprint density at radius 1 is 1.15 bits per heavy atom. The van der Waals surface area contributed by atoms with Crippen molar-refractivity contribution in [1.29, 1.82) is 0 Å². The van der Waals surface area contributed by atoms with E-state index in [2.05, 4.69) is 0 Å². The lowest BCUT2D eigenvalue weighted by Crippen LogP contribution is -2.38. The van der Waals surface area contributed by atoms with Gasteiger partial charge in [0, 0.05) is 5.69 Å². The average Bonchev–Trinajstić information content (AvgIpc) is 2.58. The summed E-state index contributed by atoms with van der Waals surface area (Å²) in [5, 5.41) is 1.73. The normalized spacial score (nSPS) is 13.8. The van der Waals surface area contributed by atoms with E-state index in [0.717, 1.165) is 0 Å². The van der Waals surface area contributed by atoms with Gasteiger partial charge >= 0.3 is 12.1 Å². The Balaban J connectivity index is 1.89. The zero-order valence-electron chi connectivity index (χ0n) is 13.1. The van der Waals surface area contributed by atoms with E-state index in [1.807, 2.05) is 0 Å². The fraction of sp³-hybridized carbons (Fsp3) is 0.176. The molecule has 1 aliphatic rings. The molecular formula is C17H12F4N2O3. The van der Waals surface area contributed by atoms with E-state index >= 15 is 0 Å². The number of alkyl halides is 3. The minimum absolute atomic E-state index is 0.0755. The lowest BCUT2D eigenvalue weighted by molar-refractivity contribution is -0.167. The van der Waals surface area contributed by atoms with Crippen molar-refractivity contribution in [2.75, 3.05) is 16.8 Å². The fourth-order valence-electron chi connectivity index (χ4n) is 2.43. The topological polar surface area (TPSA) is 58.6 Å². The number of amides is 2. The van der Waals surface area contributed by atoms with Crippen LogP contribution in [0.3, 0.4) is 0 Å². The minimum atomic E-state index is -5.03. The molecule has 1 aliphatic heterocycles. The van der Waals surface area contributed by atoms with E-state index < -0.39 is 23.8 Å². The van der Waals surface area contributed by atoms with Crippen molar-refractivity contribution in [2.24, 2.45) is 0 Å². The average molecular weight is 368 g/mol. The van der Waals surface area contributed by atoms with E-state index in [-0.39, 0.29) is 30.3 Å². The van der Waals surface area contributed by atoms with Crippen LogP contribution in [0.15, 0.2) is 42.5 Å². The third-order valence-electron chi connectivity index (χ3n) is 3.67. The lowest BCUT2D eigenvalue weighted by atomic mass is 10.1. The Morgan fingerprint density at radius 2 is 1.85 bits per heavy atom. The molecule has 0 atom stereocenters. The molecule has 2 aromatic rings. The van der Waals surface area contributed by atoms with Gasteiger partial charge in [0.15, 0.2) is 6.61 Å². The van der Waals surface area contributed by atoms with Crippen molar-refractivity contribution < 1.29 is 31.9 Å². The molecule has 0 fully saturated rings. The van der Waals surface area contributed by atoms with E-state index in [4.69, 9.17) is 4.74 Å². The summed E-state index contributed by atoms with van der Waals surface area (Å²) >= 11 is 0. The Morgan fingerprint density at radius 3 is 2.50 bits per heavy atom. The number of rotatable bonds is 3. The highest BCUT2D eigenvalue weighted by atomic mass is 19.4. The molecule has 0 spiro atoms. The highest BCUT2D eigenvalue weighted by Crippen LogP contribution is 2.36. The van der Waals surface area contributed by atoms with Crippen LogP contribution >= 0.6 is 0 Å². The SMILES string of the molecule is O=C1COc2ccc(NC(=O)C(F)(F)F)cc2N1Cc1ccc(F)cc1. The molecule has 9 heteroatoms. The van der Waals surface area contributed by atoms with Crippen molar-refractivity contribution in [1.82, 2.24) is 0 Å². The predicted octanol–water partition coefficient (Wildman–Crippen LogP) is 3.25. The molecule has 136 valence electrons. The molecular weight excluding hydrogens is 356 g/mol. The summed E-state index contributed by atoms with van der Waals surface area (Å²) in [6.07, 6.45) is -5.03. The number of hydrogen-bond acceptors (Lipinski definition) is 3. The van der Waals surface area contributed by atoms with E-state index in [0.29, 0.717) is 5.56 Å². The number of nitrogens with zero attached hydrogens (tertiary/aromatic N) is 1. The van der Waals surface area contributed by atoms with Gasteiger partial charge in [-0.2, -0.15) is 13.2 Å². The van der Waals surface area contributed by atoms with Crippen LogP contribution < -0.4 is 15.0 Å². The molecule has 2 aromatic carbocycles. The first-order chi connectivity index (χ1) is 12.2. The Kier molecular flexibility index (Phi) is 4.54. The number of benzene rings is 2. The van der Waals surface area contributed by atoms with Gasteiger partial charge in [-0.15, -0.1) is 0 Å². The highest BCUT2D eigenvalue weighted by molar-refractivity contribution is 6.00. The molecule has 26 heavy (non-hydrogen) atoms. The number of nitrogens with one attached hydrogen (secondary N) is 1. The molecule has 5 nitrogen and oxygen atoms in total. The van der Waals surface area contributed by atoms with Crippen molar-refractivity contribution in [2.45, 2.75) is 12.7 Å². The first-order valence-electron chi connectivity index (χ1n) is 7.44. The molecule has 0 saturated carbocycles. The van der Waals surface area contributed by atoms with Crippen molar-refractivity contribution in [3.05, 3.63) is 53.8 Å².